The molecule has 1 aromatic carbocycles. The molecule has 0 saturated heterocycles. The van der Waals surface area contributed by atoms with Crippen molar-refractivity contribution in [3.63, 3.8) is 0 Å². The quantitative estimate of drug-likeness (QED) is 0.890. The van der Waals surface area contributed by atoms with Gasteiger partial charge in [0.15, 0.2) is 0 Å². The normalized spacial score (nSPS) is 18.9. The second kappa shape index (κ2) is 6.27. The zero-order valence-electron chi connectivity index (χ0n) is 10.1. The van der Waals surface area contributed by atoms with E-state index in [1.54, 1.807) is 0 Å². The maximum atomic E-state index is 6.18. The molecular formula is C14H20ClNO. The van der Waals surface area contributed by atoms with Crippen molar-refractivity contribution in [3.05, 3.63) is 29.3 Å². The monoisotopic (exact) mass is 253 g/mol. The molecule has 1 unspecified atom stereocenters. The average Bonchev–Trinajstić information content (AvgIpc) is 2.38. The summed E-state index contributed by atoms with van der Waals surface area (Å²) in [6.45, 7) is 0.564. The van der Waals surface area contributed by atoms with Crippen LogP contribution in [0.3, 0.4) is 0 Å². The van der Waals surface area contributed by atoms with Gasteiger partial charge in [-0.25, -0.2) is 0 Å². The molecular weight excluding hydrogens is 234 g/mol. The number of hydrogen-bond donors (Lipinski definition) is 1. The van der Waals surface area contributed by atoms with Crippen LogP contribution in [0.5, 0.6) is 5.75 Å². The molecule has 1 saturated carbocycles. The fourth-order valence-corrected chi connectivity index (χ4v) is 2.64. The van der Waals surface area contributed by atoms with E-state index in [0.717, 1.165) is 5.75 Å². The smallest absolute Gasteiger partial charge is 0.137 e. The fraction of sp³-hybridized carbons (Fsp3) is 0.571. The van der Waals surface area contributed by atoms with E-state index in [0.29, 0.717) is 17.5 Å². The van der Waals surface area contributed by atoms with E-state index in [9.17, 15) is 0 Å². The molecule has 1 aliphatic rings. The summed E-state index contributed by atoms with van der Waals surface area (Å²) in [5.41, 5.74) is 6.18. The molecule has 0 aromatic heterocycles. The minimum Gasteiger partial charge on any atom is -0.490 e. The Balaban J connectivity index is 1.83. The average molecular weight is 254 g/mol. The SMILES string of the molecule is NC(COc1ccccc1Cl)C1CCCCC1. The molecule has 0 heterocycles. The number of hydrogen-bond acceptors (Lipinski definition) is 2. The van der Waals surface area contributed by atoms with Crippen molar-refractivity contribution in [2.45, 2.75) is 38.1 Å². The Morgan fingerprint density at radius 1 is 1.24 bits per heavy atom. The van der Waals surface area contributed by atoms with Gasteiger partial charge in [0, 0.05) is 6.04 Å². The maximum Gasteiger partial charge on any atom is 0.137 e. The summed E-state index contributed by atoms with van der Waals surface area (Å²) in [5.74, 6) is 1.35. The van der Waals surface area contributed by atoms with Crippen LogP contribution in [0.1, 0.15) is 32.1 Å². The molecule has 0 radical (unpaired) electrons. The first-order chi connectivity index (χ1) is 8.27. The van der Waals surface area contributed by atoms with Crippen LogP contribution < -0.4 is 10.5 Å². The molecule has 1 atom stereocenters. The summed E-state index contributed by atoms with van der Waals surface area (Å²) in [6.07, 6.45) is 6.46. The first-order valence-corrected chi connectivity index (χ1v) is 6.78. The molecule has 0 spiro atoms. The van der Waals surface area contributed by atoms with Crippen LogP contribution in [0.2, 0.25) is 5.02 Å². The number of halogens is 1. The molecule has 0 aliphatic heterocycles. The summed E-state index contributed by atoms with van der Waals surface area (Å²) in [7, 11) is 0. The minimum atomic E-state index is 0.131. The summed E-state index contributed by atoms with van der Waals surface area (Å²) < 4.78 is 5.69. The highest BCUT2D eigenvalue weighted by Gasteiger charge is 2.21. The van der Waals surface area contributed by atoms with Crippen molar-refractivity contribution in [1.29, 1.82) is 0 Å². The summed E-state index contributed by atoms with van der Waals surface area (Å²) in [4.78, 5) is 0. The number of nitrogens with two attached hydrogens (primary N) is 1. The Morgan fingerprint density at radius 2 is 1.94 bits per heavy atom. The third-order valence-corrected chi connectivity index (χ3v) is 3.84. The predicted octanol–water partition coefficient (Wildman–Crippen LogP) is 3.63. The van der Waals surface area contributed by atoms with Crippen LogP contribution in [0.25, 0.3) is 0 Å². The van der Waals surface area contributed by atoms with Gasteiger partial charge in [0.1, 0.15) is 12.4 Å². The van der Waals surface area contributed by atoms with Gasteiger partial charge in [-0.2, -0.15) is 0 Å². The van der Waals surface area contributed by atoms with Gasteiger partial charge in [-0.1, -0.05) is 43.0 Å². The maximum absolute atomic E-state index is 6.18. The number of para-hydroxylation sites is 1. The minimum absolute atomic E-state index is 0.131. The van der Waals surface area contributed by atoms with Gasteiger partial charge in [-0.3, -0.25) is 0 Å². The van der Waals surface area contributed by atoms with Crippen molar-refractivity contribution < 1.29 is 4.74 Å². The molecule has 2 nitrogen and oxygen atoms in total. The molecule has 0 amide bonds. The Labute approximate surface area is 108 Å². The van der Waals surface area contributed by atoms with Crippen LogP contribution in [0, 0.1) is 5.92 Å². The van der Waals surface area contributed by atoms with E-state index in [1.807, 2.05) is 24.3 Å². The Bertz CT molecular complexity index is 350. The molecule has 2 rings (SSSR count). The van der Waals surface area contributed by atoms with E-state index in [-0.39, 0.29) is 6.04 Å². The van der Waals surface area contributed by atoms with Gasteiger partial charge in [0.2, 0.25) is 0 Å². The highest BCUT2D eigenvalue weighted by molar-refractivity contribution is 6.32. The summed E-state index contributed by atoms with van der Waals surface area (Å²) >= 11 is 6.03. The van der Waals surface area contributed by atoms with Gasteiger partial charge >= 0.3 is 0 Å². The molecule has 17 heavy (non-hydrogen) atoms. The second-order valence-corrected chi connectivity index (χ2v) is 5.21. The lowest BCUT2D eigenvalue weighted by Crippen LogP contribution is -2.37. The Morgan fingerprint density at radius 3 is 2.65 bits per heavy atom. The van der Waals surface area contributed by atoms with Crippen molar-refractivity contribution in [3.8, 4) is 5.75 Å². The number of rotatable bonds is 4. The lowest BCUT2D eigenvalue weighted by molar-refractivity contribution is 0.214. The van der Waals surface area contributed by atoms with Crippen molar-refractivity contribution in [1.82, 2.24) is 0 Å². The number of benzene rings is 1. The second-order valence-electron chi connectivity index (χ2n) is 4.80. The molecule has 2 N–H and O–H groups in total. The van der Waals surface area contributed by atoms with E-state index >= 15 is 0 Å². The number of ether oxygens (including phenoxy) is 1. The molecule has 0 bridgehead atoms. The van der Waals surface area contributed by atoms with Crippen LogP contribution >= 0.6 is 11.6 Å². The van der Waals surface area contributed by atoms with Crippen molar-refractivity contribution >= 4 is 11.6 Å². The van der Waals surface area contributed by atoms with E-state index in [2.05, 4.69) is 0 Å². The first-order valence-electron chi connectivity index (χ1n) is 6.40. The van der Waals surface area contributed by atoms with E-state index < -0.39 is 0 Å². The van der Waals surface area contributed by atoms with Crippen LogP contribution in [0.4, 0.5) is 0 Å². The molecule has 3 heteroatoms. The zero-order valence-corrected chi connectivity index (χ0v) is 10.8. The van der Waals surface area contributed by atoms with Crippen molar-refractivity contribution in [2.24, 2.45) is 11.7 Å². The molecule has 1 aliphatic carbocycles. The van der Waals surface area contributed by atoms with Gasteiger partial charge in [-0.15, -0.1) is 0 Å². The predicted molar refractivity (Wildman–Crippen MR) is 71.5 cm³/mol. The Kier molecular flexibility index (Phi) is 4.69. The van der Waals surface area contributed by atoms with Crippen LogP contribution in [-0.4, -0.2) is 12.6 Å². The summed E-state index contributed by atoms with van der Waals surface area (Å²) in [5, 5.41) is 0.656. The molecule has 1 aromatic rings. The van der Waals surface area contributed by atoms with Gasteiger partial charge in [0.05, 0.1) is 5.02 Å². The summed E-state index contributed by atoms with van der Waals surface area (Å²) in [6, 6.07) is 7.68. The first kappa shape index (κ1) is 12.7. The topological polar surface area (TPSA) is 35.2 Å². The van der Waals surface area contributed by atoms with Crippen LogP contribution in [-0.2, 0) is 0 Å². The standard InChI is InChI=1S/C14H20ClNO/c15-12-8-4-5-9-14(12)17-10-13(16)11-6-2-1-3-7-11/h4-5,8-9,11,13H,1-3,6-7,10,16H2. The van der Waals surface area contributed by atoms with Gasteiger partial charge in [0.25, 0.3) is 0 Å². The lowest BCUT2D eigenvalue weighted by Gasteiger charge is -2.27. The molecule has 1 fully saturated rings. The Hall–Kier alpha value is -0.730. The van der Waals surface area contributed by atoms with Crippen LogP contribution in [0.15, 0.2) is 24.3 Å². The van der Waals surface area contributed by atoms with Crippen molar-refractivity contribution in [2.75, 3.05) is 6.61 Å². The molecule has 94 valence electrons. The third kappa shape index (κ3) is 3.62. The van der Waals surface area contributed by atoms with Gasteiger partial charge < -0.3 is 10.5 Å². The highest BCUT2D eigenvalue weighted by atomic mass is 35.5. The van der Waals surface area contributed by atoms with Gasteiger partial charge in [-0.05, 0) is 30.9 Å². The highest BCUT2D eigenvalue weighted by Crippen LogP contribution is 2.27. The largest absolute Gasteiger partial charge is 0.490 e. The zero-order chi connectivity index (χ0) is 12.1. The van der Waals surface area contributed by atoms with E-state index in [1.165, 1.54) is 32.1 Å². The van der Waals surface area contributed by atoms with E-state index in [4.69, 9.17) is 22.1 Å². The lowest BCUT2D eigenvalue weighted by atomic mass is 9.84. The third-order valence-electron chi connectivity index (χ3n) is 3.52. The fourth-order valence-electron chi connectivity index (χ4n) is 2.45.